The van der Waals surface area contributed by atoms with Gasteiger partial charge in [0, 0.05) is 6.42 Å². The summed E-state index contributed by atoms with van der Waals surface area (Å²) in [6.45, 7) is 4.91. The summed E-state index contributed by atoms with van der Waals surface area (Å²) in [5.41, 5.74) is 3.30. The third-order valence-electron chi connectivity index (χ3n) is 3.45. The molecule has 0 aliphatic heterocycles. The van der Waals surface area contributed by atoms with Gasteiger partial charge in [0.05, 0.1) is 21.3 Å². The molecule has 0 aromatic heterocycles. The van der Waals surface area contributed by atoms with Crippen molar-refractivity contribution in [1.82, 2.24) is 0 Å². The van der Waals surface area contributed by atoms with Gasteiger partial charge in [0.2, 0.25) is 9.84 Å². The number of sulfone groups is 1. The summed E-state index contributed by atoms with van der Waals surface area (Å²) in [5.74, 6) is 0. The molecule has 0 heterocycles. The molecule has 0 aliphatic rings. The Morgan fingerprint density at radius 1 is 0.960 bits per heavy atom. The third kappa shape index (κ3) is 4.67. The zero-order valence-corrected chi connectivity index (χ0v) is 15.3. The first kappa shape index (κ1) is 19.1. The maximum Gasteiger partial charge on any atom is 0.296 e. The SMILES string of the molecule is C=C=C(CCOS(=O)(=O)c1ccc(C)cc1)S(=O)(=O)c1ccccc1. The minimum absolute atomic E-state index is 0.0214. The van der Waals surface area contributed by atoms with Crippen molar-refractivity contribution in [1.29, 1.82) is 0 Å². The summed E-state index contributed by atoms with van der Waals surface area (Å²) in [6.07, 6.45) is -0.147. The second-order valence-corrected chi connectivity index (χ2v) is 8.84. The van der Waals surface area contributed by atoms with Crippen LogP contribution in [0.15, 0.2) is 81.6 Å². The molecule has 0 bridgehead atoms. The van der Waals surface area contributed by atoms with E-state index in [0.29, 0.717) is 0 Å². The molecule has 0 atom stereocenters. The predicted molar refractivity (Wildman–Crippen MR) is 95.2 cm³/mol. The molecule has 5 nitrogen and oxygen atoms in total. The second-order valence-electron chi connectivity index (χ2n) is 5.26. The van der Waals surface area contributed by atoms with Crippen LogP contribution in [0.3, 0.4) is 0 Å². The van der Waals surface area contributed by atoms with E-state index in [1.54, 1.807) is 30.3 Å². The van der Waals surface area contributed by atoms with Gasteiger partial charge in [0.25, 0.3) is 10.1 Å². The van der Waals surface area contributed by atoms with Gasteiger partial charge in [-0.2, -0.15) is 8.42 Å². The van der Waals surface area contributed by atoms with E-state index in [-0.39, 0.29) is 27.7 Å². The van der Waals surface area contributed by atoms with Gasteiger partial charge in [-0.3, -0.25) is 4.18 Å². The van der Waals surface area contributed by atoms with E-state index in [0.717, 1.165) is 5.56 Å². The molecule has 0 amide bonds. The molecule has 0 N–H and O–H groups in total. The first-order valence-corrected chi connectivity index (χ1v) is 10.3. The first-order valence-electron chi connectivity index (χ1n) is 7.42. The lowest BCUT2D eigenvalue weighted by Crippen LogP contribution is -2.11. The van der Waals surface area contributed by atoms with Crippen LogP contribution >= 0.6 is 0 Å². The molecule has 25 heavy (non-hydrogen) atoms. The van der Waals surface area contributed by atoms with Crippen molar-refractivity contribution in [2.24, 2.45) is 0 Å². The van der Waals surface area contributed by atoms with Crippen molar-refractivity contribution in [3.8, 4) is 0 Å². The largest absolute Gasteiger partial charge is 0.296 e. The number of rotatable bonds is 7. The molecule has 2 aromatic rings. The number of benzene rings is 2. The summed E-state index contributed by atoms with van der Waals surface area (Å²) >= 11 is 0. The van der Waals surface area contributed by atoms with Crippen LogP contribution in [0.25, 0.3) is 0 Å². The second kappa shape index (κ2) is 7.80. The minimum Gasteiger partial charge on any atom is -0.266 e. The van der Waals surface area contributed by atoms with E-state index in [1.807, 2.05) is 6.92 Å². The molecule has 0 saturated heterocycles. The van der Waals surface area contributed by atoms with Gasteiger partial charge in [-0.15, -0.1) is 5.73 Å². The summed E-state index contributed by atoms with van der Waals surface area (Å²) < 4.78 is 54.1. The van der Waals surface area contributed by atoms with Crippen LogP contribution in [0.1, 0.15) is 12.0 Å². The van der Waals surface area contributed by atoms with E-state index in [2.05, 4.69) is 12.3 Å². The fourth-order valence-electron chi connectivity index (χ4n) is 2.08. The van der Waals surface area contributed by atoms with E-state index in [4.69, 9.17) is 4.18 Å². The molecule has 7 heteroatoms. The lowest BCUT2D eigenvalue weighted by atomic mass is 10.2. The lowest BCUT2D eigenvalue weighted by Gasteiger charge is -2.09. The minimum atomic E-state index is -3.95. The number of hydrogen-bond acceptors (Lipinski definition) is 5. The average molecular weight is 378 g/mol. The van der Waals surface area contributed by atoms with Gasteiger partial charge in [-0.25, -0.2) is 8.42 Å². The summed E-state index contributed by atoms with van der Waals surface area (Å²) in [5, 5.41) is 0. The molecule has 0 spiro atoms. The highest BCUT2D eigenvalue weighted by Crippen LogP contribution is 2.21. The molecule has 0 aliphatic carbocycles. The first-order chi connectivity index (χ1) is 11.8. The van der Waals surface area contributed by atoms with Crippen LogP contribution in [0.4, 0.5) is 0 Å². The van der Waals surface area contributed by atoms with Crippen molar-refractivity contribution >= 4 is 20.0 Å². The zero-order chi connectivity index (χ0) is 18.5. The zero-order valence-electron chi connectivity index (χ0n) is 13.7. The molecule has 0 radical (unpaired) electrons. The van der Waals surface area contributed by atoms with Crippen molar-refractivity contribution < 1.29 is 21.0 Å². The van der Waals surface area contributed by atoms with Crippen LogP contribution in [-0.2, 0) is 24.1 Å². The Labute approximate surface area is 148 Å². The van der Waals surface area contributed by atoms with E-state index in [9.17, 15) is 16.8 Å². The normalized spacial score (nSPS) is 11.7. The van der Waals surface area contributed by atoms with Crippen LogP contribution in [0, 0.1) is 6.92 Å². The molecule has 0 saturated carbocycles. The number of aryl methyl sites for hydroxylation is 1. The topological polar surface area (TPSA) is 77.5 Å². The molecule has 0 unspecified atom stereocenters. The van der Waals surface area contributed by atoms with Crippen molar-refractivity contribution in [3.63, 3.8) is 0 Å². The summed E-state index contributed by atoms with van der Waals surface area (Å²) in [7, 11) is -7.72. The van der Waals surface area contributed by atoms with Gasteiger partial charge < -0.3 is 0 Å². The quantitative estimate of drug-likeness (QED) is 0.546. The monoisotopic (exact) mass is 378 g/mol. The highest BCUT2D eigenvalue weighted by molar-refractivity contribution is 7.95. The van der Waals surface area contributed by atoms with Gasteiger partial charge >= 0.3 is 0 Å². The van der Waals surface area contributed by atoms with Gasteiger partial charge in [0.1, 0.15) is 0 Å². The molecule has 2 aromatic carbocycles. The van der Waals surface area contributed by atoms with Crippen LogP contribution in [0.5, 0.6) is 0 Å². The van der Waals surface area contributed by atoms with Crippen LogP contribution < -0.4 is 0 Å². The average Bonchev–Trinajstić information content (AvgIpc) is 2.59. The molecule has 0 fully saturated rings. The lowest BCUT2D eigenvalue weighted by molar-refractivity contribution is 0.323. The van der Waals surface area contributed by atoms with Gasteiger partial charge in [-0.05, 0) is 31.2 Å². The maximum absolute atomic E-state index is 12.5. The van der Waals surface area contributed by atoms with Crippen molar-refractivity contribution in [2.45, 2.75) is 23.1 Å². The Morgan fingerprint density at radius 3 is 2.12 bits per heavy atom. The van der Waals surface area contributed by atoms with Gasteiger partial charge in [-0.1, -0.05) is 42.5 Å². The van der Waals surface area contributed by atoms with Crippen molar-refractivity contribution in [3.05, 3.63) is 77.4 Å². The molecular formula is C18H18O5S2. The van der Waals surface area contributed by atoms with Gasteiger partial charge in [0.15, 0.2) is 0 Å². The Hall–Kier alpha value is -2.18. The Balaban J connectivity index is 2.09. The van der Waals surface area contributed by atoms with E-state index < -0.39 is 20.0 Å². The van der Waals surface area contributed by atoms with E-state index >= 15 is 0 Å². The molecule has 132 valence electrons. The summed E-state index contributed by atoms with van der Waals surface area (Å²) in [6, 6.07) is 14.0. The highest BCUT2D eigenvalue weighted by Gasteiger charge is 2.21. The molecule has 2 rings (SSSR count). The Bertz CT molecular complexity index is 983. The Kier molecular flexibility index (Phi) is 5.98. The van der Waals surface area contributed by atoms with Crippen LogP contribution in [-0.4, -0.2) is 23.4 Å². The van der Waals surface area contributed by atoms with Crippen molar-refractivity contribution in [2.75, 3.05) is 6.61 Å². The van der Waals surface area contributed by atoms with E-state index in [1.165, 1.54) is 24.3 Å². The fraction of sp³-hybridized carbons (Fsp3) is 0.167. The smallest absolute Gasteiger partial charge is 0.266 e. The maximum atomic E-state index is 12.5. The van der Waals surface area contributed by atoms with Crippen LogP contribution in [0.2, 0.25) is 0 Å². The Morgan fingerprint density at radius 2 is 1.56 bits per heavy atom. The molecular weight excluding hydrogens is 360 g/mol. The standard InChI is InChI=1S/C18H18O5S2/c1-3-16(24(19,20)17-7-5-4-6-8-17)13-14-23-25(21,22)18-11-9-15(2)10-12-18/h4-12H,1,13-14H2,2H3. The fourth-order valence-corrected chi connectivity index (χ4v) is 4.33. The third-order valence-corrected chi connectivity index (χ3v) is 6.67. The summed E-state index contributed by atoms with van der Waals surface area (Å²) in [4.78, 5) is 0.00787. The number of hydrogen-bond donors (Lipinski definition) is 0. The highest BCUT2D eigenvalue weighted by atomic mass is 32.2. The predicted octanol–water partition coefficient (Wildman–Crippen LogP) is 3.23.